The van der Waals surface area contributed by atoms with Crippen LogP contribution in [0.25, 0.3) is 0 Å². The number of fused-ring (bicyclic) bond motifs is 3. The van der Waals surface area contributed by atoms with Gasteiger partial charge < -0.3 is 16.2 Å². The van der Waals surface area contributed by atoms with E-state index in [2.05, 4.69) is 5.32 Å². The van der Waals surface area contributed by atoms with E-state index in [0.717, 1.165) is 5.56 Å². The summed E-state index contributed by atoms with van der Waals surface area (Å²) in [5.41, 5.74) is 2.22. The molecule has 35 heavy (non-hydrogen) atoms. The SMILES string of the molecule is CC1CC2(Cc3ccc(NC(=O)C(C)(C)F)cc3C23N=C(N)N(CC(C)(C)F)C3=O)CC(C)C1O. The van der Waals surface area contributed by atoms with Gasteiger partial charge in [0.05, 0.1) is 12.6 Å². The first-order valence-corrected chi connectivity index (χ1v) is 12.2. The number of benzene rings is 1. The zero-order valence-electron chi connectivity index (χ0n) is 21.3. The third-order valence-electron chi connectivity index (χ3n) is 7.83. The molecule has 3 unspecified atom stereocenters. The van der Waals surface area contributed by atoms with Crippen LogP contribution >= 0.6 is 0 Å². The van der Waals surface area contributed by atoms with Crippen LogP contribution in [-0.4, -0.2) is 51.8 Å². The monoisotopic (exact) mass is 490 g/mol. The molecule has 9 heteroatoms. The van der Waals surface area contributed by atoms with E-state index in [1.807, 2.05) is 19.9 Å². The summed E-state index contributed by atoms with van der Waals surface area (Å²) < 4.78 is 28.9. The van der Waals surface area contributed by atoms with Crippen molar-refractivity contribution in [1.29, 1.82) is 0 Å². The van der Waals surface area contributed by atoms with Gasteiger partial charge in [-0.15, -0.1) is 0 Å². The van der Waals surface area contributed by atoms with Crippen LogP contribution in [0.1, 0.15) is 65.5 Å². The topological polar surface area (TPSA) is 108 Å². The Hall–Kier alpha value is -2.55. The Morgan fingerprint density at radius 1 is 1.23 bits per heavy atom. The molecule has 4 rings (SSSR count). The second-order valence-electron chi connectivity index (χ2n) is 11.9. The quantitative estimate of drug-likeness (QED) is 0.601. The van der Waals surface area contributed by atoms with E-state index in [4.69, 9.17) is 10.7 Å². The minimum atomic E-state index is -2.09. The Balaban J connectivity index is 1.87. The molecule has 1 saturated carbocycles. The van der Waals surface area contributed by atoms with Gasteiger partial charge in [0, 0.05) is 11.1 Å². The minimum absolute atomic E-state index is 0.0429. The first-order chi connectivity index (χ1) is 16.0. The van der Waals surface area contributed by atoms with Crippen LogP contribution in [-0.2, 0) is 21.5 Å². The van der Waals surface area contributed by atoms with Gasteiger partial charge in [-0.3, -0.25) is 14.5 Å². The molecule has 0 aromatic heterocycles. The molecular formula is C26H36F2N4O3. The standard InChI is InChI=1S/C26H36F2N4O3/c1-14-10-25(11-15(2)19(14)33)12-16-7-8-17(30-20(34)24(5,6)28)9-18(16)26(25)21(35)32(22(29)31-26)13-23(3,4)27/h7-9,14-15,19,33H,10-13H2,1-6H3,(H2,29,31)(H,30,34). The van der Waals surface area contributed by atoms with Gasteiger partial charge in [-0.1, -0.05) is 19.9 Å². The van der Waals surface area contributed by atoms with E-state index in [9.17, 15) is 23.5 Å². The number of rotatable bonds is 4. The van der Waals surface area contributed by atoms with E-state index in [0.29, 0.717) is 30.5 Å². The van der Waals surface area contributed by atoms with Crippen molar-refractivity contribution in [1.82, 2.24) is 4.90 Å². The number of nitrogens with zero attached hydrogens (tertiary/aromatic N) is 2. The fourth-order valence-electron chi connectivity index (χ4n) is 6.39. The van der Waals surface area contributed by atoms with Crippen molar-refractivity contribution >= 4 is 23.5 Å². The Bertz CT molecular complexity index is 1080. The molecule has 2 aliphatic carbocycles. The maximum Gasteiger partial charge on any atom is 0.262 e. The summed E-state index contributed by atoms with van der Waals surface area (Å²) >= 11 is 0. The molecule has 2 spiro atoms. The van der Waals surface area contributed by atoms with Crippen molar-refractivity contribution in [2.24, 2.45) is 28.0 Å². The van der Waals surface area contributed by atoms with Gasteiger partial charge in [-0.2, -0.15) is 0 Å². The second-order valence-corrected chi connectivity index (χ2v) is 11.9. The van der Waals surface area contributed by atoms with Crippen molar-refractivity contribution in [2.45, 2.75) is 83.8 Å². The lowest BCUT2D eigenvalue weighted by Crippen LogP contribution is -2.56. The highest BCUT2D eigenvalue weighted by Gasteiger charge is 2.68. The number of nitrogens with one attached hydrogen (secondary N) is 1. The Morgan fingerprint density at radius 3 is 2.37 bits per heavy atom. The van der Waals surface area contributed by atoms with Crippen LogP contribution in [0.2, 0.25) is 0 Å². The van der Waals surface area contributed by atoms with Crippen LogP contribution in [0.5, 0.6) is 0 Å². The maximum atomic E-state index is 14.7. The molecule has 1 aromatic carbocycles. The number of aliphatic hydroxyl groups excluding tert-OH is 1. The van der Waals surface area contributed by atoms with Crippen molar-refractivity contribution in [3.63, 3.8) is 0 Å². The summed E-state index contributed by atoms with van der Waals surface area (Å²) in [6, 6.07) is 5.19. The number of halogens is 2. The van der Waals surface area contributed by atoms with E-state index < -0.39 is 40.2 Å². The number of aliphatic imine (C=N–C) groups is 1. The molecule has 0 radical (unpaired) electrons. The van der Waals surface area contributed by atoms with Crippen LogP contribution < -0.4 is 11.1 Å². The number of hydrogen-bond acceptors (Lipinski definition) is 5. The maximum absolute atomic E-state index is 14.7. The highest BCUT2D eigenvalue weighted by molar-refractivity contribution is 6.09. The largest absolute Gasteiger partial charge is 0.393 e. The molecule has 3 aliphatic rings. The van der Waals surface area contributed by atoms with Crippen LogP contribution in [0.3, 0.4) is 0 Å². The lowest BCUT2D eigenvalue weighted by atomic mass is 9.56. The summed E-state index contributed by atoms with van der Waals surface area (Å²) in [5, 5.41) is 13.3. The second kappa shape index (κ2) is 7.98. The molecule has 4 N–H and O–H groups in total. The van der Waals surface area contributed by atoms with Crippen molar-refractivity contribution in [2.75, 3.05) is 11.9 Å². The van der Waals surface area contributed by atoms with Crippen LogP contribution in [0, 0.1) is 17.3 Å². The average Bonchev–Trinajstić information content (AvgIpc) is 3.11. The molecule has 7 nitrogen and oxygen atoms in total. The number of guanidine groups is 1. The number of alkyl halides is 2. The lowest BCUT2D eigenvalue weighted by Gasteiger charge is -2.49. The number of carbonyl (C=O) groups is 2. The van der Waals surface area contributed by atoms with E-state index >= 15 is 0 Å². The van der Waals surface area contributed by atoms with Gasteiger partial charge in [-0.25, -0.2) is 13.8 Å². The summed E-state index contributed by atoms with van der Waals surface area (Å²) in [4.78, 5) is 32.5. The fourth-order valence-corrected chi connectivity index (χ4v) is 6.39. The molecule has 192 valence electrons. The number of nitrogens with two attached hydrogens (primary N) is 1. The first kappa shape index (κ1) is 25.5. The highest BCUT2D eigenvalue weighted by atomic mass is 19.1. The molecule has 0 saturated heterocycles. The number of carbonyl (C=O) groups excluding carboxylic acids is 2. The lowest BCUT2D eigenvalue weighted by molar-refractivity contribution is -0.142. The molecule has 1 aromatic rings. The third-order valence-corrected chi connectivity index (χ3v) is 7.83. The zero-order chi connectivity index (χ0) is 26.1. The molecule has 3 atom stereocenters. The van der Waals surface area contributed by atoms with Gasteiger partial charge in [0.1, 0.15) is 5.67 Å². The molecule has 2 amide bonds. The molecule has 1 heterocycles. The van der Waals surface area contributed by atoms with Gasteiger partial charge in [-0.05, 0) is 82.1 Å². The molecule has 0 bridgehead atoms. The molecule has 1 aliphatic heterocycles. The number of anilines is 1. The van der Waals surface area contributed by atoms with Crippen LogP contribution in [0.15, 0.2) is 23.2 Å². The molecular weight excluding hydrogens is 454 g/mol. The van der Waals surface area contributed by atoms with Crippen molar-refractivity contribution in [3.8, 4) is 0 Å². The van der Waals surface area contributed by atoms with Crippen LogP contribution in [0.4, 0.5) is 14.5 Å². The van der Waals surface area contributed by atoms with E-state index in [1.54, 1.807) is 12.1 Å². The normalized spacial score (nSPS) is 32.8. The highest BCUT2D eigenvalue weighted by Crippen LogP contribution is 2.63. The van der Waals surface area contributed by atoms with Crippen molar-refractivity contribution in [3.05, 3.63) is 29.3 Å². The third kappa shape index (κ3) is 4.01. The minimum Gasteiger partial charge on any atom is -0.393 e. The Morgan fingerprint density at radius 2 is 1.83 bits per heavy atom. The summed E-state index contributed by atoms with van der Waals surface area (Å²) in [6.45, 7) is 8.78. The van der Waals surface area contributed by atoms with Crippen molar-refractivity contribution < 1.29 is 23.5 Å². The van der Waals surface area contributed by atoms with Gasteiger partial charge in [0.15, 0.2) is 17.2 Å². The molecule has 1 fully saturated rings. The van der Waals surface area contributed by atoms with E-state index in [-0.39, 0.29) is 24.3 Å². The first-order valence-electron chi connectivity index (χ1n) is 12.2. The number of aliphatic hydroxyl groups is 1. The number of amides is 2. The average molecular weight is 491 g/mol. The Labute approximate surface area is 205 Å². The number of hydrogen-bond donors (Lipinski definition) is 3. The summed E-state index contributed by atoms with van der Waals surface area (Å²) in [7, 11) is 0. The predicted molar refractivity (Wildman–Crippen MR) is 130 cm³/mol. The predicted octanol–water partition coefficient (Wildman–Crippen LogP) is 3.44. The van der Waals surface area contributed by atoms with Gasteiger partial charge >= 0.3 is 0 Å². The Kier molecular flexibility index (Phi) is 5.82. The van der Waals surface area contributed by atoms with Gasteiger partial charge in [0.2, 0.25) is 0 Å². The summed E-state index contributed by atoms with van der Waals surface area (Å²) in [6.07, 6.45) is 1.08. The van der Waals surface area contributed by atoms with Gasteiger partial charge in [0.25, 0.3) is 11.8 Å². The fraction of sp³-hybridized carbons (Fsp3) is 0.654. The smallest absolute Gasteiger partial charge is 0.262 e. The summed E-state index contributed by atoms with van der Waals surface area (Å²) in [5.74, 6) is -1.42. The van der Waals surface area contributed by atoms with E-state index in [1.165, 1.54) is 32.6 Å². The zero-order valence-corrected chi connectivity index (χ0v) is 21.3.